The number of rotatable bonds is 24. The lowest BCUT2D eigenvalue weighted by molar-refractivity contribution is 0.310. The van der Waals surface area contributed by atoms with Crippen molar-refractivity contribution in [1.29, 1.82) is 0 Å². The third-order valence-electron chi connectivity index (χ3n) is 6.80. The molecule has 0 aliphatic rings. The van der Waals surface area contributed by atoms with E-state index < -0.39 is 0 Å². The van der Waals surface area contributed by atoms with Gasteiger partial charge in [0, 0.05) is 5.54 Å². The fraction of sp³-hybridized carbons (Fsp3) is 1.00. The normalized spacial score (nSPS) is 12.0. The molecule has 0 atom stereocenters. The highest BCUT2D eigenvalue weighted by molar-refractivity contribution is 4.83. The van der Waals surface area contributed by atoms with Gasteiger partial charge in [0.05, 0.1) is 0 Å². The van der Waals surface area contributed by atoms with E-state index in [9.17, 15) is 0 Å². The fourth-order valence-electron chi connectivity index (χ4n) is 4.80. The Labute approximate surface area is 186 Å². The van der Waals surface area contributed by atoms with Gasteiger partial charge in [-0.25, -0.2) is 0 Å². The first-order chi connectivity index (χ1) is 14.2. The van der Waals surface area contributed by atoms with Crippen molar-refractivity contribution in [1.82, 2.24) is 0 Å². The third kappa shape index (κ3) is 21.0. The summed E-state index contributed by atoms with van der Waals surface area (Å²) >= 11 is 0. The van der Waals surface area contributed by atoms with Crippen molar-refractivity contribution in [2.24, 2.45) is 5.73 Å². The molecule has 0 radical (unpaired) electrons. The van der Waals surface area contributed by atoms with E-state index in [1.54, 1.807) is 0 Å². The van der Waals surface area contributed by atoms with Gasteiger partial charge in [0.25, 0.3) is 0 Å². The highest BCUT2D eigenvalue weighted by Gasteiger charge is 2.22. The van der Waals surface area contributed by atoms with Crippen molar-refractivity contribution >= 4 is 0 Å². The summed E-state index contributed by atoms with van der Waals surface area (Å²) < 4.78 is 0. The largest absolute Gasteiger partial charge is 0.325 e. The Morgan fingerprint density at radius 3 is 0.897 bits per heavy atom. The molecule has 0 aromatic rings. The van der Waals surface area contributed by atoms with E-state index in [2.05, 4.69) is 20.8 Å². The summed E-state index contributed by atoms with van der Waals surface area (Å²) in [5, 5.41) is 0. The summed E-state index contributed by atoms with van der Waals surface area (Å²) in [4.78, 5) is 0. The van der Waals surface area contributed by atoms with Crippen molar-refractivity contribution in [2.45, 2.75) is 180 Å². The van der Waals surface area contributed by atoms with Crippen LogP contribution in [0.25, 0.3) is 0 Å². The van der Waals surface area contributed by atoms with Gasteiger partial charge in [-0.3, -0.25) is 0 Å². The minimum atomic E-state index is 0.134. The van der Waals surface area contributed by atoms with E-state index in [0.717, 1.165) is 0 Å². The Hall–Kier alpha value is -0.0400. The van der Waals surface area contributed by atoms with Gasteiger partial charge in [0.2, 0.25) is 0 Å². The first kappa shape index (κ1) is 29.0. The maximum atomic E-state index is 6.83. The van der Waals surface area contributed by atoms with Crippen LogP contribution in [0.2, 0.25) is 0 Å². The monoisotopic (exact) mass is 409 g/mol. The molecule has 0 heterocycles. The van der Waals surface area contributed by atoms with Crippen LogP contribution in [0, 0.1) is 0 Å². The summed E-state index contributed by atoms with van der Waals surface area (Å²) in [6, 6.07) is 0. The molecule has 0 spiro atoms. The lowest BCUT2D eigenvalue weighted by Gasteiger charge is -2.29. The van der Waals surface area contributed by atoms with Gasteiger partial charge in [-0.05, 0) is 19.3 Å². The summed E-state index contributed by atoms with van der Waals surface area (Å²) in [5.74, 6) is 0. The van der Waals surface area contributed by atoms with Crippen LogP contribution in [0.4, 0.5) is 0 Å². The lowest BCUT2D eigenvalue weighted by atomic mass is 9.83. The predicted molar refractivity (Wildman–Crippen MR) is 135 cm³/mol. The SMILES string of the molecule is CCCCCCCCCCCCC(N)(CCC)CCCCCCCCCCCC. The van der Waals surface area contributed by atoms with Crippen LogP contribution in [0.5, 0.6) is 0 Å². The van der Waals surface area contributed by atoms with Gasteiger partial charge in [-0.1, -0.05) is 156 Å². The van der Waals surface area contributed by atoms with Crippen molar-refractivity contribution in [2.75, 3.05) is 0 Å². The minimum Gasteiger partial charge on any atom is -0.325 e. The Morgan fingerprint density at radius 1 is 0.345 bits per heavy atom. The number of hydrogen-bond acceptors (Lipinski definition) is 1. The second-order valence-electron chi connectivity index (χ2n) is 9.98. The quantitative estimate of drug-likeness (QED) is 0.158. The molecule has 0 aromatic carbocycles. The first-order valence-corrected chi connectivity index (χ1v) is 14.0. The first-order valence-electron chi connectivity index (χ1n) is 14.0. The molecule has 0 aromatic heterocycles. The average molecular weight is 410 g/mol. The van der Waals surface area contributed by atoms with Crippen molar-refractivity contribution in [3.05, 3.63) is 0 Å². The smallest absolute Gasteiger partial charge is 0.0154 e. The maximum Gasteiger partial charge on any atom is 0.0154 e. The molecule has 0 fully saturated rings. The van der Waals surface area contributed by atoms with E-state index in [0.29, 0.717) is 0 Å². The van der Waals surface area contributed by atoms with Crippen molar-refractivity contribution < 1.29 is 0 Å². The molecule has 1 heteroatoms. The zero-order valence-electron chi connectivity index (χ0n) is 21.0. The van der Waals surface area contributed by atoms with E-state index in [4.69, 9.17) is 5.73 Å². The fourth-order valence-corrected chi connectivity index (χ4v) is 4.80. The molecule has 0 amide bonds. The minimum absolute atomic E-state index is 0.134. The molecule has 0 aliphatic heterocycles. The molecule has 0 unspecified atom stereocenters. The predicted octanol–water partition coefficient (Wildman–Crippen LogP) is 10.1. The molecular weight excluding hydrogens is 350 g/mol. The number of nitrogens with two attached hydrogens (primary N) is 1. The van der Waals surface area contributed by atoms with Gasteiger partial charge >= 0.3 is 0 Å². The van der Waals surface area contributed by atoms with Gasteiger partial charge in [-0.15, -0.1) is 0 Å². The standard InChI is InChI=1S/C28H59N/c1-4-7-9-11-13-15-17-19-21-23-26-28(29,25-6-3)27-24-22-20-18-16-14-12-10-8-5-2/h4-27,29H2,1-3H3. The van der Waals surface area contributed by atoms with Crippen LogP contribution in [0.3, 0.4) is 0 Å². The molecule has 0 aliphatic carbocycles. The van der Waals surface area contributed by atoms with Gasteiger partial charge < -0.3 is 5.73 Å². The van der Waals surface area contributed by atoms with Gasteiger partial charge in [0.1, 0.15) is 0 Å². The maximum absolute atomic E-state index is 6.83. The summed E-state index contributed by atoms with van der Waals surface area (Å²) in [7, 11) is 0. The molecule has 0 bridgehead atoms. The lowest BCUT2D eigenvalue weighted by Crippen LogP contribution is -2.39. The van der Waals surface area contributed by atoms with Crippen LogP contribution in [-0.2, 0) is 0 Å². The van der Waals surface area contributed by atoms with Gasteiger partial charge in [-0.2, -0.15) is 0 Å². The summed E-state index contributed by atoms with van der Waals surface area (Å²) in [6.45, 7) is 6.90. The highest BCUT2D eigenvalue weighted by Crippen LogP contribution is 2.25. The molecule has 2 N–H and O–H groups in total. The summed E-state index contributed by atoms with van der Waals surface area (Å²) in [5.41, 5.74) is 6.96. The van der Waals surface area contributed by atoms with E-state index in [1.165, 1.54) is 154 Å². The molecule has 0 rings (SSSR count). The Balaban J connectivity index is 3.61. The zero-order valence-corrected chi connectivity index (χ0v) is 21.0. The highest BCUT2D eigenvalue weighted by atomic mass is 14.7. The Kier molecular flexibility index (Phi) is 22.6. The molecular formula is C28H59N. The third-order valence-corrected chi connectivity index (χ3v) is 6.80. The topological polar surface area (TPSA) is 26.0 Å². The number of unbranched alkanes of at least 4 members (excludes halogenated alkanes) is 18. The van der Waals surface area contributed by atoms with Crippen LogP contribution < -0.4 is 5.73 Å². The van der Waals surface area contributed by atoms with Crippen LogP contribution in [0.15, 0.2) is 0 Å². The zero-order chi connectivity index (χ0) is 21.5. The molecule has 1 nitrogen and oxygen atoms in total. The summed E-state index contributed by atoms with van der Waals surface area (Å²) in [6.07, 6.45) is 33.4. The molecule has 0 saturated carbocycles. The van der Waals surface area contributed by atoms with Crippen molar-refractivity contribution in [3.8, 4) is 0 Å². The van der Waals surface area contributed by atoms with E-state index in [1.807, 2.05) is 0 Å². The van der Waals surface area contributed by atoms with Crippen LogP contribution >= 0.6 is 0 Å². The van der Waals surface area contributed by atoms with E-state index >= 15 is 0 Å². The second-order valence-corrected chi connectivity index (χ2v) is 9.98. The van der Waals surface area contributed by atoms with Crippen LogP contribution in [-0.4, -0.2) is 5.54 Å². The van der Waals surface area contributed by atoms with Gasteiger partial charge in [0.15, 0.2) is 0 Å². The average Bonchev–Trinajstić information content (AvgIpc) is 2.71. The molecule has 176 valence electrons. The number of hydrogen-bond donors (Lipinski definition) is 1. The second kappa shape index (κ2) is 22.6. The van der Waals surface area contributed by atoms with E-state index in [-0.39, 0.29) is 5.54 Å². The molecule has 29 heavy (non-hydrogen) atoms. The Morgan fingerprint density at radius 2 is 0.621 bits per heavy atom. The van der Waals surface area contributed by atoms with Crippen molar-refractivity contribution in [3.63, 3.8) is 0 Å². The van der Waals surface area contributed by atoms with Crippen LogP contribution in [0.1, 0.15) is 175 Å². The molecule has 0 saturated heterocycles. The Bertz CT molecular complexity index is 275.